The predicted molar refractivity (Wildman–Crippen MR) is 97.4 cm³/mol. The number of rotatable bonds is 8. The normalized spacial score (nSPS) is 20.5. The summed E-state index contributed by atoms with van der Waals surface area (Å²) in [5, 5.41) is 3.23. The molecule has 0 bridgehead atoms. The third kappa shape index (κ3) is 4.42. The Morgan fingerprint density at radius 1 is 1.42 bits per heavy atom. The van der Waals surface area contributed by atoms with E-state index in [-0.39, 0.29) is 29.9 Å². The maximum Gasteiger partial charge on any atom is 0.274 e. The van der Waals surface area contributed by atoms with Gasteiger partial charge in [-0.3, -0.25) is 4.79 Å². The highest BCUT2D eigenvalue weighted by molar-refractivity contribution is 7.20. The number of hydrogen-bond donors (Lipinski definition) is 1. The molecule has 1 amide bonds. The first-order chi connectivity index (χ1) is 12.5. The summed E-state index contributed by atoms with van der Waals surface area (Å²) in [7, 11) is 0. The second-order valence-corrected chi connectivity index (χ2v) is 7.37. The number of ether oxygens (including phenoxy) is 3. The lowest BCUT2D eigenvalue weighted by Crippen LogP contribution is -2.42. The van der Waals surface area contributed by atoms with Crippen molar-refractivity contribution in [1.82, 2.24) is 10.3 Å². The molecule has 1 heterocycles. The van der Waals surface area contributed by atoms with Crippen LogP contribution in [-0.4, -0.2) is 42.4 Å². The highest BCUT2D eigenvalue weighted by Gasteiger charge is 2.33. The number of halogens is 1. The van der Waals surface area contributed by atoms with Gasteiger partial charge in [-0.2, -0.15) is 0 Å². The van der Waals surface area contributed by atoms with E-state index in [1.807, 2.05) is 13.8 Å². The molecule has 1 aromatic carbocycles. The van der Waals surface area contributed by atoms with Gasteiger partial charge in [0.25, 0.3) is 5.19 Å². The molecule has 1 aliphatic rings. The topological polar surface area (TPSA) is 69.7 Å². The third-order valence-corrected chi connectivity index (χ3v) is 5.06. The van der Waals surface area contributed by atoms with E-state index in [1.165, 1.54) is 18.3 Å². The monoisotopic (exact) mass is 382 g/mol. The Morgan fingerprint density at radius 2 is 2.19 bits per heavy atom. The fourth-order valence-electron chi connectivity index (χ4n) is 2.80. The van der Waals surface area contributed by atoms with E-state index in [9.17, 15) is 9.18 Å². The van der Waals surface area contributed by atoms with Crippen molar-refractivity contribution in [3.8, 4) is 10.9 Å². The molecule has 3 rings (SSSR count). The van der Waals surface area contributed by atoms with Gasteiger partial charge in [0, 0.05) is 25.8 Å². The van der Waals surface area contributed by atoms with Crippen LogP contribution in [0.5, 0.6) is 10.9 Å². The second kappa shape index (κ2) is 8.18. The zero-order valence-corrected chi connectivity index (χ0v) is 15.9. The lowest BCUT2D eigenvalue weighted by atomic mass is 9.92. The van der Waals surface area contributed by atoms with Gasteiger partial charge in [-0.05, 0) is 26.0 Å². The van der Waals surface area contributed by atoms with Crippen molar-refractivity contribution in [2.75, 3.05) is 13.2 Å². The lowest BCUT2D eigenvalue weighted by molar-refractivity contribution is -0.121. The van der Waals surface area contributed by atoms with Crippen LogP contribution in [0.25, 0.3) is 10.2 Å². The summed E-state index contributed by atoms with van der Waals surface area (Å²) in [6.45, 7) is 6.19. The van der Waals surface area contributed by atoms with Crippen LogP contribution >= 0.6 is 11.3 Å². The zero-order chi connectivity index (χ0) is 18.7. The standard InChI is InChI=1S/C18H23FN2O4S/c1-4-23-18-21-14-5-6-15(16(19)17(14)26-18)25-13-7-12(8-13)24-9-10(2)20-11(3)22/h5-6,10,12-13H,4,7-9H2,1-3H3,(H,20,22). The Morgan fingerprint density at radius 3 is 2.88 bits per heavy atom. The van der Waals surface area contributed by atoms with E-state index in [0.29, 0.717) is 41.5 Å². The molecule has 1 unspecified atom stereocenters. The number of amides is 1. The first-order valence-electron chi connectivity index (χ1n) is 8.73. The van der Waals surface area contributed by atoms with Gasteiger partial charge >= 0.3 is 0 Å². The summed E-state index contributed by atoms with van der Waals surface area (Å²) in [5.74, 6) is -0.230. The van der Waals surface area contributed by atoms with Gasteiger partial charge in [-0.15, -0.1) is 0 Å². The molecule has 6 nitrogen and oxygen atoms in total. The number of aromatic nitrogens is 1. The smallest absolute Gasteiger partial charge is 0.274 e. The Labute approximate surface area is 155 Å². The number of nitrogens with zero attached hydrogens (tertiary/aromatic N) is 1. The van der Waals surface area contributed by atoms with Crippen LogP contribution in [0, 0.1) is 5.82 Å². The first-order valence-corrected chi connectivity index (χ1v) is 9.55. The van der Waals surface area contributed by atoms with Crippen LogP contribution in [0.3, 0.4) is 0 Å². The SMILES string of the molecule is CCOc1nc2ccc(OC3CC(OCC(C)NC(C)=O)C3)c(F)c2s1. The quantitative estimate of drug-likeness (QED) is 0.759. The fraction of sp³-hybridized carbons (Fsp3) is 0.556. The Hall–Kier alpha value is -1.93. The molecule has 1 saturated carbocycles. The van der Waals surface area contributed by atoms with Crippen molar-refractivity contribution in [2.45, 2.75) is 51.9 Å². The molecule has 142 valence electrons. The van der Waals surface area contributed by atoms with Crippen LogP contribution in [0.2, 0.25) is 0 Å². The molecule has 2 aromatic rings. The van der Waals surface area contributed by atoms with Crippen molar-refractivity contribution in [3.05, 3.63) is 17.9 Å². The molecule has 1 fully saturated rings. The molecule has 0 saturated heterocycles. The molecule has 1 atom stereocenters. The number of carbonyl (C=O) groups is 1. The summed E-state index contributed by atoms with van der Waals surface area (Å²) in [4.78, 5) is 15.2. The van der Waals surface area contributed by atoms with E-state index >= 15 is 0 Å². The van der Waals surface area contributed by atoms with Gasteiger partial charge < -0.3 is 19.5 Å². The maximum atomic E-state index is 14.6. The summed E-state index contributed by atoms with van der Waals surface area (Å²) in [6.07, 6.45) is 1.42. The summed E-state index contributed by atoms with van der Waals surface area (Å²) >= 11 is 1.18. The van der Waals surface area contributed by atoms with Crippen LogP contribution in [-0.2, 0) is 9.53 Å². The van der Waals surface area contributed by atoms with Crippen LogP contribution in [0.1, 0.15) is 33.6 Å². The maximum absolute atomic E-state index is 14.6. The summed E-state index contributed by atoms with van der Waals surface area (Å²) in [6, 6.07) is 3.33. The van der Waals surface area contributed by atoms with Crippen LogP contribution in [0.15, 0.2) is 12.1 Å². The van der Waals surface area contributed by atoms with Crippen LogP contribution in [0.4, 0.5) is 4.39 Å². The van der Waals surface area contributed by atoms with Crippen molar-refractivity contribution in [1.29, 1.82) is 0 Å². The van der Waals surface area contributed by atoms with Crippen molar-refractivity contribution in [2.24, 2.45) is 0 Å². The molecule has 1 aromatic heterocycles. The molecular formula is C18H23FN2O4S. The minimum absolute atomic E-state index is 0.0295. The Bertz CT molecular complexity index is 776. The highest BCUT2D eigenvalue weighted by atomic mass is 32.1. The predicted octanol–water partition coefficient (Wildman–Crippen LogP) is 3.29. The first kappa shape index (κ1) is 18.8. The summed E-state index contributed by atoms with van der Waals surface area (Å²) < 4.78 is 31.9. The van der Waals surface area contributed by atoms with Gasteiger partial charge in [0.1, 0.15) is 6.10 Å². The van der Waals surface area contributed by atoms with Gasteiger partial charge in [-0.25, -0.2) is 9.37 Å². The number of hydrogen-bond acceptors (Lipinski definition) is 6. The second-order valence-electron chi connectivity index (χ2n) is 6.41. The minimum Gasteiger partial charge on any atom is -0.487 e. The Kier molecular flexibility index (Phi) is 5.93. The van der Waals surface area contributed by atoms with E-state index in [2.05, 4.69) is 10.3 Å². The molecule has 1 aliphatic carbocycles. The molecule has 0 radical (unpaired) electrons. The molecule has 8 heteroatoms. The largest absolute Gasteiger partial charge is 0.487 e. The van der Waals surface area contributed by atoms with E-state index in [4.69, 9.17) is 14.2 Å². The average molecular weight is 382 g/mol. The zero-order valence-electron chi connectivity index (χ0n) is 15.1. The Balaban J connectivity index is 1.51. The van der Waals surface area contributed by atoms with E-state index in [1.54, 1.807) is 12.1 Å². The number of benzene rings is 1. The highest BCUT2D eigenvalue weighted by Crippen LogP contribution is 2.36. The molecular weight excluding hydrogens is 359 g/mol. The number of carbonyl (C=O) groups excluding carboxylic acids is 1. The van der Waals surface area contributed by atoms with E-state index < -0.39 is 5.82 Å². The number of fused-ring (bicyclic) bond motifs is 1. The van der Waals surface area contributed by atoms with E-state index in [0.717, 1.165) is 0 Å². The third-order valence-electron chi connectivity index (χ3n) is 4.09. The number of nitrogens with one attached hydrogen (secondary N) is 1. The summed E-state index contributed by atoms with van der Waals surface area (Å²) in [5.41, 5.74) is 0.574. The van der Waals surface area contributed by atoms with Gasteiger partial charge in [0.05, 0.1) is 29.5 Å². The van der Waals surface area contributed by atoms with Crippen molar-refractivity contribution < 1.29 is 23.4 Å². The van der Waals surface area contributed by atoms with Gasteiger partial charge in [0.15, 0.2) is 11.6 Å². The van der Waals surface area contributed by atoms with Crippen molar-refractivity contribution >= 4 is 27.5 Å². The minimum atomic E-state index is -0.394. The average Bonchev–Trinajstić information content (AvgIpc) is 2.94. The molecule has 0 aliphatic heterocycles. The molecule has 26 heavy (non-hydrogen) atoms. The fourth-order valence-corrected chi connectivity index (χ4v) is 3.70. The molecule has 1 N–H and O–H groups in total. The lowest BCUT2D eigenvalue weighted by Gasteiger charge is -2.35. The van der Waals surface area contributed by atoms with Crippen molar-refractivity contribution in [3.63, 3.8) is 0 Å². The molecule has 0 spiro atoms. The van der Waals surface area contributed by atoms with Gasteiger partial charge in [-0.1, -0.05) is 11.3 Å². The van der Waals surface area contributed by atoms with Gasteiger partial charge in [0.2, 0.25) is 5.91 Å². The number of thiazole rings is 1. The van der Waals surface area contributed by atoms with Crippen LogP contribution < -0.4 is 14.8 Å².